The van der Waals surface area contributed by atoms with Crippen LogP contribution in [0.25, 0.3) is 11.4 Å². The molecule has 0 saturated carbocycles. The molecule has 0 aliphatic rings. The zero-order chi connectivity index (χ0) is 18.0. The van der Waals surface area contributed by atoms with Crippen LogP contribution in [0.4, 0.5) is 0 Å². The molecular weight excluding hydrogens is 336 g/mol. The summed E-state index contributed by atoms with van der Waals surface area (Å²) in [5.74, 6) is 1.34. The van der Waals surface area contributed by atoms with Gasteiger partial charge in [0.2, 0.25) is 4.77 Å². The smallest absolute Gasteiger partial charge is 0.216 e. The highest BCUT2D eigenvalue weighted by atomic mass is 32.1. The highest BCUT2D eigenvalue weighted by molar-refractivity contribution is 7.71. The summed E-state index contributed by atoms with van der Waals surface area (Å²) in [6.07, 6.45) is 1.76. The average molecular weight is 356 g/mol. The number of hydrogen-bond donors (Lipinski definition) is 1. The zero-order valence-corrected chi connectivity index (χ0v) is 15.5. The van der Waals surface area contributed by atoms with Crippen molar-refractivity contribution < 1.29 is 4.74 Å². The lowest BCUT2D eigenvalue weighted by molar-refractivity contribution is 0.341. The van der Waals surface area contributed by atoms with Crippen molar-refractivity contribution in [1.29, 1.82) is 0 Å². The standard InChI is InChI=1S/C17H20N6OS/c1-5-24-15-9-7-6-8-13(15)16-19-20-17(25)23(16)18-10-14-11(2)21-22(4)12(14)3/h6-10H,5H2,1-4H3,(H,20,25)/b18-10-. The Kier molecular flexibility index (Phi) is 4.80. The third kappa shape index (κ3) is 3.25. The number of aromatic nitrogens is 5. The van der Waals surface area contributed by atoms with E-state index in [9.17, 15) is 0 Å². The lowest BCUT2D eigenvalue weighted by atomic mass is 10.2. The summed E-state index contributed by atoms with van der Waals surface area (Å²) in [5.41, 5.74) is 3.74. The largest absolute Gasteiger partial charge is 0.493 e. The first-order valence-corrected chi connectivity index (χ1v) is 8.38. The molecule has 0 unspecified atom stereocenters. The maximum absolute atomic E-state index is 5.69. The summed E-state index contributed by atoms with van der Waals surface area (Å²) in [4.78, 5) is 0. The first-order valence-electron chi connectivity index (χ1n) is 7.97. The number of nitrogens with zero attached hydrogens (tertiary/aromatic N) is 5. The first-order chi connectivity index (χ1) is 12.0. The minimum atomic E-state index is 0.414. The molecule has 0 atom stereocenters. The van der Waals surface area contributed by atoms with Gasteiger partial charge >= 0.3 is 0 Å². The van der Waals surface area contributed by atoms with Gasteiger partial charge in [-0.3, -0.25) is 4.68 Å². The van der Waals surface area contributed by atoms with Crippen molar-refractivity contribution in [3.05, 3.63) is 46.0 Å². The molecule has 0 radical (unpaired) electrons. The van der Waals surface area contributed by atoms with Crippen LogP contribution in [-0.2, 0) is 7.05 Å². The quantitative estimate of drug-likeness (QED) is 0.563. The van der Waals surface area contributed by atoms with Gasteiger partial charge in [0.25, 0.3) is 0 Å². The second kappa shape index (κ2) is 7.02. The average Bonchev–Trinajstić information content (AvgIpc) is 3.07. The molecule has 25 heavy (non-hydrogen) atoms. The van der Waals surface area contributed by atoms with Gasteiger partial charge in [0.1, 0.15) is 5.75 Å². The van der Waals surface area contributed by atoms with Crippen LogP contribution in [0.2, 0.25) is 0 Å². The predicted octanol–water partition coefficient (Wildman–Crippen LogP) is 3.24. The Bertz CT molecular complexity index is 981. The Morgan fingerprint density at radius 1 is 1.32 bits per heavy atom. The van der Waals surface area contributed by atoms with Crippen LogP contribution in [0.15, 0.2) is 29.4 Å². The monoisotopic (exact) mass is 356 g/mol. The fourth-order valence-electron chi connectivity index (χ4n) is 2.60. The van der Waals surface area contributed by atoms with Crippen LogP contribution in [0, 0.1) is 18.6 Å². The van der Waals surface area contributed by atoms with Gasteiger partial charge in [-0.2, -0.15) is 20.0 Å². The molecule has 2 heterocycles. The number of nitrogens with one attached hydrogen (secondary N) is 1. The normalized spacial score (nSPS) is 11.4. The Balaban J connectivity index is 2.07. The number of hydrogen-bond acceptors (Lipinski definition) is 5. The van der Waals surface area contributed by atoms with Gasteiger partial charge in [0, 0.05) is 18.3 Å². The molecule has 0 amide bonds. The van der Waals surface area contributed by atoms with E-state index < -0.39 is 0 Å². The van der Waals surface area contributed by atoms with E-state index in [1.54, 1.807) is 10.9 Å². The van der Waals surface area contributed by atoms with Gasteiger partial charge in [0.15, 0.2) is 5.82 Å². The molecule has 0 bridgehead atoms. The topological polar surface area (TPSA) is 73.0 Å². The van der Waals surface area contributed by atoms with Crippen LogP contribution in [0.1, 0.15) is 23.9 Å². The van der Waals surface area contributed by atoms with E-state index >= 15 is 0 Å². The number of para-hydroxylation sites is 1. The van der Waals surface area contributed by atoms with E-state index in [4.69, 9.17) is 17.0 Å². The van der Waals surface area contributed by atoms with Crippen molar-refractivity contribution in [2.75, 3.05) is 6.61 Å². The highest BCUT2D eigenvalue weighted by Gasteiger charge is 2.14. The Hall–Kier alpha value is -2.74. The van der Waals surface area contributed by atoms with Gasteiger partial charge in [-0.1, -0.05) is 12.1 Å². The molecule has 3 aromatic rings. The van der Waals surface area contributed by atoms with Gasteiger partial charge in [-0.25, -0.2) is 5.10 Å². The number of H-pyrrole nitrogens is 1. The number of rotatable bonds is 5. The maximum atomic E-state index is 5.69. The lowest BCUT2D eigenvalue weighted by Gasteiger charge is -2.08. The summed E-state index contributed by atoms with van der Waals surface area (Å²) in [6.45, 7) is 6.47. The minimum absolute atomic E-state index is 0.414. The number of aryl methyl sites for hydroxylation is 2. The van der Waals surface area contributed by atoms with Crippen LogP contribution >= 0.6 is 12.2 Å². The summed E-state index contributed by atoms with van der Waals surface area (Å²) >= 11 is 5.34. The summed E-state index contributed by atoms with van der Waals surface area (Å²) < 4.78 is 9.53. The molecule has 0 spiro atoms. The second-order valence-corrected chi connectivity index (χ2v) is 5.93. The molecule has 7 nitrogen and oxygen atoms in total. The van der Waals surface area contributed by atoms with Gasteiger partial charge in [-0.05, 0) is 45.1 Å². The predicted molar refractivity (Wildman–Crippen MR) is 99.7 cm³/mol. The first kappa shape index (κ1) is 17.1. The van der Waals surface area contributed by atoms with Gasteiger partial charge < -0.3 is 4.74 Å². The van der Waals surface area contributed by atoms with E-state index in [0.29, 0.717) is 17.2 Å². The fourth-order valence-corrected chi connectivity index (χ4v) is 2.78. The van der Waals surface area contributed by atoms with Crippen LogP contribution < -0.4 is 4.74 Å². The molecule has 2 aromatic heterocycles. The molecule has 0 aliphatic heterocycles. The van der Waals surface area contributed by atoms with E-state index in [0.717, 1.165) is 28.3 Å². The SMILES string of the molecule is CCOc1ccccc1-c1n[nH]c(=S)n1/N=C\c1c(C)nn(C)c1C. The van der Waals surface area contributed by atoms with E-state index in [2.05, 4.69) is 20.4 Å². The maximum Gasteiger partial charge on any atom is 0.216 e. The molecular formula is C17H20N6OS. The van der Waals surface area contributed by atoms with Crippen molar-refractivity contribution in [2.45, 2.75) is 20.8 Å². The summed E-state index contributed by atoms with van der Waals surface area (Å²) in [6, 6.07) is 7.69. The highest BCUT2D eigenvalue weighted by Crippen LogP contribution is 2.28. The molecule has 0 saturated heterocycles. The van der Waals surface area contributed by atoms with E-state index in [1.165, 1.54) is 0 Å². The van der Waals surface area contributed by atoms with Crippen molar-refractivity contribution in [3.8, 4) is 17.1 Å². The molecule has 0 aliphatic carbocycles. The Labute approximate surface area is 151 Å². The third-order valence-electron chi connectivity index (χ3n) is 3.95. The summed E-state index contributed by atoms with van der Waals surface area (Å²) in [5, 5.41) is 16.1. The van der Waals surface area contributed by atoms with Crippen LogP contribution in [-0.4, -0.2) is 37.5 Å². The lowest BCUT2D eigenvalue weighted by Crippen LogP contribution is -1.99. The Morgan fingerprint density at radius 2 is 2.08 bits per heavy atom. The molecule has 8 heteroatoms. The van der Waals surface area contributed by atoms with E-state index in [1.807, 2.05) is 56.8 Å². The summed E-state index contributed by atoms with van der Waals surface area (Å²) in [7, 11) is 1.91. The molecule has 3 rings (SSSR count). The minimum Gasteiger partial charge on any atom is -0.493 e. The van der Waals surface area contributed by atoms with Crippen LogP contribution in [0.5, 0.6) is 5.75 Å². The molecule has 1 N–H and O–H groups in total. The fraction of sp³-hybridized carbons (Fsp3) is 0.294. The van der Waals surface area contributed by atoms with Gasteiger partial charge in [-0.15, -0.1) is 0 Å². The third-order valence-corrected chi connectivity index (χ3v) is 4.21. The Morgan fingerprint density at radius 3 is 2.76 bits per heavy atom. The molecule has 130 valence electrons. The molecule has 1 aromatic carbocycles. The van der Waals surface area contributed by atoms with Crippen molar-refractivity contribution in [3.63, 3.8) is 0 Å². The zero-order valence-electron chi connectivity index (χ0n) is 14.6. The second-order valence-electron chi connectivity index (χ2n) is 5.55. The number of ether oxygens (including phenoxy) is 1. The van der Waals surface area contributed by atoms with Crippen molar-refractivity contribution in [1.82, 2.24) is 24.7 Å². The van der Waals surface area contributed by atoms with Crippen LogP contribution in [0.3, 0.4) is 0 Å². The number of benzene rings is 1. The van der Waals surface area contributed by atoms with Crippen molar-refractivity contribution in [2.24, 2.45) is 12.1 Å². The molecule has 0 fully saturated rings. The van der Waals surface area contributed by atoms with Gasteiger partial charge in [0.05, 0.1) is 24.1 Å². The number of aromatic amines is 1. The van der Waals surface area contributed by atoms with E-state index in [-0.39, 0.29) is 0 Å². The van der Waals surface area contributed by atoms with Crippen molar-refractivity contribution >= 4 is 18.4 Å².